The third-order valence-electron chi connectivity index (χ3n) is 3.11. The van der Waals surface area contributed by atoms with E-state index >= 15 is 0 Å². The van der Waals surface area contributed by atoms with Gasteiger partial charge in [-0.1, -0.05) is 6.07 Å². The molecule has 0 radical (unpaired) electrons. The molecule has 0 atom stereocenters. The summed E-state index contributed by atoms with van der Waals surface area (Å²) in [7, 11) is 0. The Morgan fingerprint density at radius 1 is 1.37 bits per heavy atom. The van der Waals surface area contributed by atoms with Crippen LogP contribution in [-0.4, -0.2) is 24.0 Å². The molecule has 0 aromatic carbocycles. The SMILES string of the molecule is Cc1ccc(NC(=O)CC2CCNCC2)nc1.Cl.Cl. The van der Waals surface area contributed by atoms with E-state index in [4.69, 9.17) is 0 Å². The largest absolute Gasteiger partial charge is 0.317 e. The third kappa shape index (κ3) is 6.23. The van der Waals surface area contributed by atoms with Crippen LogP contribution in [0.1, 0.15) is 24.8 Å². The molecule has 1 saturated heterocycles. The summed E-state index contributed by atoms with van der Waals surface area (Å²) in [5.74, 6) is 1.24. The maximum absolute atomic E-state index is 11.8. The predicted molar refractivity (Wildman–Crippen MR) is 82.3 cm³/mol. The van der Waals surface area contributed by atoms with Gasteiger partial charge in [0.1, 0.15) is 5.82 Å². The molecule has 0 saturated carbocycles. The van der Waals surface area contributed by atoms with Crippen molar-refractivity contribution in [2.45, 2.75) is 26.2 Å². The van der Waals surface area contributed by atoms with E-state index in [-0.39, 0.29) is 30.7 Å². The van der Waals surface area contributed by atoms with Gasteiger partial charge in [0.15, 0.2) is 0 Å². The lowest BCUT2D eigenvalue weighted by atomic mass is 9.94. The zero-order valence-corrected chi connectivity index (χ0v) is 12.6. The molecule has 2 heterocycles. The van der Waals surface area contributed by atoms with Gasteiger partial charge < -0.3 is 10.6 Å². The summed E-state index contributed by atoms with van der Waals surface area (Å²) in [4.78, 5) is 16.0. The second-order valence-corrected chi connectivity index (χ2v) is 4.67. The summed E-state index contributed by atoms with van der Waals surface area (Å²) >= 11 is 0. The van der Waals surface area contributed by atoms with Crippen LogP contribution < -0.4 is 10.6 Å². The highest BCUT2D eigenvalue weighted by atomic mass is 35.5. The summed E-state index contributed by atoms with van der Waals surface area (Å²) in [6.07, 6.45) is 4.56. The molecule has 6 heteroatoms. The van der Waals surface area contributed by atoms with Gasteiger partial charge in [0.2, 0.25) is 5.91 Å². The molecule has 19 heavy (non-hydrogen) atoms. The molecule has 1 aromatic heterocycles. The van der Waals surface area contributed by atoms with Crippen molar-refractivity contribution in [1.29, 1.82) is 0 Å². The number of halogens is 2. The van der Waals surface area contributed by atoms with E-state index in [1.54, 1.807) is 6.20 Å². The van der Waals surface area contributed by atoms with Crippen molar-refractivity contribution in [3.05, 3.63) is 23.9 Å². The van der Waals surface area contributed by atoms with E-state index < -0.39 is 0 Å². The summed E-state index contributed by atoms with van der Waals surface area (Å²) in [6.45, 7) is 4.04. The van der Waals surface area contributed by atoms with E-state index in [2.05, 4.69) is 15.6 Å². The van der Waals surface area contributed by atoms with E-state index in [1.165, 1.54) is 0 Å². The Labute approximate surface area is 126 Å². The fraction of sp³-hybridized carbons (Fsp3) is 0.538. The van der Waals surface area contributed by atoms with Crippen LogP contribution in [-0.2, 0) is 4.79 Å². The molecule has 0 unspecified atom stereocenters. The normalized spacial score (nSPS) is 15.0. The van der Waals surface area contributed by atoms with Crippen molar-refractivity contribution in [3.8, 4) is 0 Å². The topological polar surface area (TPSA) is 54.0 Å². The summed E-state index contributed by atoms with van der Waals surface area (Å²) in [6, 6.07) is 3.79. The van der Waals surface area contributed by atoms with Crippen molar-refractivity contribution in [3.63, 3.8) is 0 Å². The number of hydrogen-bond donors (Lipinski definition) is 2. The number of carbonyl (C=O) groups excluding carboxylic acids is 1. The number of rotatable bonds is 3. The second-order valence-electron chi connectivity index (χ2n) is 4.67. The van der Waals surface area contributed by atoms with E-state index in [1.807, 2.05) is 19.1 Å². The predicted octanol–water partition coefficient (Wildman–Crippen LogP) is 2.56. The quantitative estimate of drug-likeness (QED) is 0.902. The number of anilines is 1. The molecule has 0 bridgehead atoms. The van der Waals surface area contributed by atoms with Gasteiger partial charge in [-0.3, -0.25) is 4.79 Å². The molecule has 1 aromatic rings. The van der Waals surface area contributed by atoms with Crippen molar-refractivity contribution in [1.82, 2.24) is 10.3 Å². The number of piperidine rings is 1. The zero-order valence-electron chi connectivity index (χ0n) is 11.0. The highest BCUT2D eigenvalue weighted by Crippen LogP contribution is 2.16. The Morgan fingerprint density at radius 2 is 2.05 bits per heavy atom. The summed E-state index contributed by atoms with van der Waals surface area (Å²) < 4.78 is 0. The molecule has 0 aliphatic carbocycles. The average molecular weight is 306 g/mol. The fourth-order valence-corrected chi connectivity index (χ4v) is 2.08. The molecule has 1 aliphatic heterocycles. The Balaban J connectivity index is 0.00000162. The van der Waals surface area contributed by atoms with E-state index in [9.17, 15) is 4.79 Å². The first-order chi connectivity index (χ1) is 8.24. The van der Waals surface area contributed by atoms with E-state index in [0.717, 1.165) is 31.5 Å². The van der Waals surface area contributed by atoms with Crippen LogP contribution in [0.5, 0.6) is 0 Å². The zero-order chi connectivity index (χ0) is 12.1. The maximum atomic E-state index is 11.8. The highest BCUT2D eigenvalue weighted by molar-refractivity contribution is 5.89. The van der Waals surface area contributed by atoms with Gasteiger partial charge in [-0.15, -0.1) is 24.8 Å². The van der Waals surface area contributed by atoms with Crippen molar-refractivity contribution in [2.24, 2.45) is 5.92 Å². The van der Waals surface area contributed by atoms with Crippen LogP contribution >= 0.6 is 24.8 Å². The van der Waals surface area contributed by atoms with Crippen LogP contribution in [0, 0.1) is 12.8 Å². The monoisotopic (exact) mass is 305 g/mol. The molecule has 4 nitrogen and oxygen atoms in total. The van der Waals surface area contributed by atoms with Crippen LogP contribution in [0.4, 0.5) is 5.82 Å². The number of aromatic nitrogens is 1. The van der Waals surface area contributed by atoms with Crippen LogP contribution in [0.15, 0.2) is 18.3 Å². The number of nitrogens with zero attached hydrogens (tertiary/aromatic N) is 1. The standard InChI is InChI=1S/C13H19N3O.2ClH/c1-10-2-3-12(15-9-10)16-13(17)8-11-4-6-14-7-5-11;;/h2-3,9,11,14H,4-8H2,1H3,(H,15,16,17);2*1H. The maximum Gasteiger partial charge on any atom is 0.225 e. The molecule has 1 aliphatic rings. The first-order valence-electron chi connectivity index (χ1n) is 6.17. The van der Waals surface area contributed by atoms with Crippen LogP contribution in [0.2, 0.25) is 0 Å². The van der Waals surface area contributed by atoms with Crippen molar-refractivity contribution in [2.75, 3.05) is 18.4 Å². The third-order valence-corrected chi connectivity index (χ3v) is 3.11. The molecule has 2 N–H and O–H groups in total. The number of nitrogens with one attached hydrogen (secondary N) is 2. The minimum atomic E-state index is 0. The average Bonchev–Trinajstić information content (AvgIpc) is 2.33. The molecule has 0 spiro atoms. The first-order valence-corrected chi connectivity index (χ1v) is 6.17. The van der Waals surface area contributed by atoms with Gasteiger partial charge in [-0.05, 0) is 50.4 Å². The molecular weight excluding hydrogens is 285 g/mol. The minimum Gasteiger partial charge on any atom is -0.317 e. The smallest absolute Gasteiger partial charge is 0.225 e. The van der Waals surface area contributed by atoms with Gasteiger partial charge in [-0.25, -0.2) is 4.98 Å². The number of aryl methyl sites for hydroxylation is 1. The lowest BCUT2D eigenvalue weighted by Crippen LogP contribution is -2.30. The van der Waals surface area contributed by atoms with Crippen molar-refractivity contribution < 1.29 is 4.79 Å². The number of carbonyl (C=O) groups is 1. The van der Waals surface area contributed by atoms with Gasteiger partial charge >= 0.3 is 0 Å². The summed E-state index contributed by atoms with van der Waals surface area (Å²) in [5, 5.41) is 6.15. The van der Waals surface area contributed by atoms with Gasteiger partial charge in [0, 0.05) is 12.6 Å². The molecule has 2 rings (SSSR count). The Kier molecular flexibility index (Phi) is 8.72. The summed E-state index contributed by atoms with van der Waals surface area (Å²) in [5.41, 5.74) is 1.10. The Morgan fingerprint density at radius 3 is 2.63 bits per heavy atom. The van der Waals surface area contributed by atoms with Gasteiger partial charge in [-0.2, -0.15) is 0 Å². The number of amides is 1. The lowest BCUT2D eigenvalue weighted by molar-refractivity contribution is -0.117. The lowest BCUT2D eigenvalue weighted by Gasteiger charge is -2.21. The van der Waals surface area contributed by atoms with Crippen LogP contribution in [0.3, 0.4) is 0 Å². The van der Waals surface area contributed by atoms with Crippen molar-refractivity contribution >= 4 is 36.5 Å². The highest BCUT2D eigenvalue weighted by Gasteiger charge is 2.16. The number of hydrogen-bond acceptors (Lipinski definition) is 3. The minimum absolute atomic E-state index is 0. The molecule has 1 fully saturated rings. The molecule has 1 amide bonds. The Hall–Kier alpha value is -0.840. The Bertz CT molecular complexity index is 378. The van der Waals surface area contributed by atoms with Gasteiger partial charge in [0.05, 0.1) is 0 Å². The fourth-order valence-electron chi connectivity index (χ4n) is 2.08. The van der Waals surface area contributed by atoms with E-state index in [0.29, 0.717) is 18.2 Å². The van der Waals surface area contributed by atoms with Gasteiger partial charge in [0.25, 0.3) is 0 Å². The molecule has 108 valence electrons. The molecular formula is C13H21Cl2N3O. The second kappa shape index (κ2) is 9.13. The van der Waals surface area contributed by atoms with Crippen LogP contribution in [0.25, 0.3) is 0 Å². The first kappa shape index (κ1) is 18.2. The number of pyridine rings is 1.